The van der Waals surface area contributed by atoms with Gasteiger partial charge in [-0.25, -0.2) is 4.98 Å². The van der Waals surface area contributed by atoms with Crippen molar-refractivity contribution in [2.45, 2.75) is 26.3 Å². The number of hydrogen-bond donors (Lipinski definition) is 0. The molecule has 3 heterocycles. The van der Waals surface area contributed by atoms with Gasteiger partial charge in [-0.15, -0.1) is 0 Å². The second-order valence-electron chi connectivity index (χ2n) is 4.43. The lowest BCUT2D eigenvalue weighted by atomic mass is 10.0. The summed E-state index contributed by atoms with van der Waals surface area (Å²) in [5, 5.41) is 0. The zero-order valence-electron chi connectivity index (χ0n) is 9.11. The molecule has 1 unspecified atom stereocenters. The van der Waals surface area contributed by atoms with E-state index in [0.717, 1.165) is 35.1 Å². The van der Waals surface area contributed by atoms with Gasteiger partial charge < -0.3 is 8.98 Å². The summed E-state index contributed by atoms with van der Waals surface area (Å²) >= 11 is 3.32. The summed E-state index contributed by atoms with van der Waals surface area (Å²) in [5.41, 5.74) is 1.32. The predicted molar refractivity (Wildman–Crippen MR) is 65.1 cm³/mol. The van der Waals surface area contributed by atoms with Crippen LogP contribution < -0.4 is 0 Å². The number of fused-ring (bicyclic) bond motifs is 1. The number of furan rings is 1. The second kappa shape index (κ2) is 3.77. The Hall–Kier alpha value is -1.03. The van der Waals surface area contributed by atoms with Gasteiger partial charge in [-0.05, 0) is 46.8 Å². The topological polar surface area (TPSA) is 31.0 Å². The van der Waals surface area contributed by atoms with Gasteiger partial charge in [-0.3, -0.25) is 0 Å². The lowest BCUT2D eigenvalue weighted by Gasteiger charge is -2.21. The van der Waals surface area contributed by atoms with Gasteiger partial charge in [0, 0.05) is 18.4 Å². The fourth-order valence-corrected chi connectivity index (χ4v) is 2.55. The van der Waals surface area contributed by atoms with Crippen molar-refractivity contribution in [3.05, 3.63) is 28.7 Å². The van der Waals surface area contributed by atoms with Crippen LogP contribution >= 0.6 is 15.9 Å². The van der Waals surface area contributed by atoms with Crippen molar-refractivity contribution in [2.75, 3.05) is 0 Å². The third kappa shape index (κ3) is 1.61. The van der Waals surface area contributed by atoms with Crippen LogP contribution in [0.5, 0.6) is 0 Å². The first-order chi connectivity index (χ1) is 7.74. The SMILES string of the molecule is CC1CCc2cnc(-c3ccc(Br)o3)n2C1. The Balaban J connectivity index is 2.06. The molecule has 3 rings (SSSR count). The van der Waals surface area contributed by atoms with Gasteiger partial charge in [-0.2, -0.15) is 0 Å². The van der Waals surface area contributed by atoms with E-state index in [4.69, 9.17) is 4.42 Å². The molecule has 0 amide bonds. The van der Waals surface area contributed by atoms with Crippen molar-refractivity contribution in [3.63, 3.8) is 0 Å². The molecule has 0 N–H and O–H groups in total. The van der Waals surface area contributed by atoms with E-state index >= 15 is 0 Å². The number of imidazole rings is 1. The van der Waals surface area contributed by atoms with E-state index in [1.807, 2.05) is 18.3 Å². The molecule has 0 radical (unpaired) electrons. The van der Waals surface area contributed by atoms with Crippen molar-refractivity contribution in [1.29, 1.82) is 0 Å². The minimum absolute atomic E-state index is 0.721. The molecule has 0 bridgehead atoms. The normalized spacial score (nSPS) is 19.8. The van der Waals surface area contributed by atoms with E-state index in [2.05, 4.69) is 32.4 Å². The molecule has 0 fully saturated rings. The van der Waals surface area contributed by atoms with Gasteiger partial charge in [0.25, 0.3) is 0 Å². The van der Waals surface area contributed by atoms with Gasteiger partial charge in [0.1, 0.15) is 0 Å². The van der Waals surface area contributed by atoms with Crippen molar-refractivity contribution >= 4 is 15.9 Å². The summed E-state index contributed by atoms with van der Waals surface area (Å²) in [4.78, 5) is 4.46. The Morgan fingerprint density at radius 2 is 2.38 bits per heavy atom. The Labute approximate surface area is 103 Å². The standard InChI is InChI=1S/C12H13BrN2O/c1-8-2-3-9-6-14-12(15(9)7-8)10-4-5-11(13)16-10/h4-6,8H,2-3,7H2,1H3. The molecule has 84 valence electrons. The minimum Gasteiger partial charge on any atom is -0.446 e. The van der Waals surface area contributed by atoms with Crippen LogP contribution in [0.1, 0.15) is 19.0 Å². The van der Waals surface area contributed by atoms with Crippen molar-refractivity contribution < 1.29 is 4.42 Å². The Bertz CT molecular complexity index is 515. The van der Waals surface area contributed by atoms with Crippen molar-refractivity contribution in [1.82, 2.24) is 9.55 Å². The molecule has 4 heteroatoms. The number of rotatable bonds is 1. The third-order valence-electron chi connectivity index (χ3n) is 3.12. The Kier molecular flexibility index (Phi) is 2.39. The number of hydrogen-bond acceptors (Lipinski definition) is 2. The molecule has 0 saturated heterocycles. The first kappa shape index (κ1) is 10.1. The van der Waals surface area contributed by atoms with E-state index in [1.165, 1.54) is 12.1 Å². The molecular weight excluding hydrogens is 268 g/mol. The summed E-state index contributed by atoms with van der Waals surface area (Å²) in [6.45, 7) is 3.33. The summed E-state index contributed by atoms with van der Waals surface area (Å²) in [5.74, 6) is 2.51. The molecule has 16 heavy (non-hydrogen) atoms. The maximum atomic E-state index is 5.56. The first-order valence-electron chi connectivity index (χ1n) is 5.54. The van der Waals surface area contributed by atoms with Crippen LogP contribution in [-0.4, -0.2) is 9.55 Å². The van der Waals surface area contributed by atoms with Crippen LogP contribution in [0.15, 0.2) is 27.4 Å². The number of aryl methyl sites for hydroxylation is 1. The lowest BCUT2D eigenvalue weighted by Crippen LogP contribution is -2.18. The van der Waals surface area contributed by atoms with E-state index in [9.17, 15) is 0 Å². The number of nitrogens with zero attached hydrogens (tertiary/aromatic N) is 2. The molecule has 0 spiro atoms. The highest BCUT2D eigenvalue weighted by molar-refractivity contribution is 9.10. The van der Waals surface area contributed by atoms with Crippen LogP contribution in [-0.2, 0) is 13.0 Å². The lowest BCUT2D eigenvalue weighted by molar-refractivity contribution is 0.399. The van der Waals surface area contributed by atoms with Crippen LogP contribution in [0.25, 0.3) is 11.6 Å². The number of aromatic nitrogens is 2. The quantitative estimate of drug-likeness (QED) is 0.801. The third-order valence-corrected chi connectivity index (χ3v) is 3.55. The molecular formula is C12H13BrN2O. The molecule has 0 aliphatic carbocycles. The summed E-state index contributed by atoms with van der Waals surface area (Å²) in [7, 11) is 0. The highest BCUT2D eigenvalue weighted by Gasteiger charge is 2.20. The maximum Gasteiger partial charge on any atom is 0.176 e. The van der Waals surface area contributed by atoms with Crippen molar-refractivity contribution in [3.8, 4) is 11.6 Å². The molecule has 2 aromatic heterocycles. The van der Waals surface area contributed by atoms with Crippen molar-refractivity contribution in [2.24, 2.45) is 5.92 Å². The van der Waals surface area contributed by atoms with Crippen LogP contribution in [0.2, 0.25) is 0 Å². The highest BCUT2D eigenvalue weighted by atomic mass is 79.9. The molecule has 0 saturated carbocycles. The van der Waals surface area contributed by atoms with Gasteiger partial charge in [0.15, 0.2) is 16.3 Å². The summed E-state index contributed by atoms with van der Waals surface area (Å²) in [6, 6.07) is 3.86. The molecule has 1 aliphatic rings. The molecule has 1 atom stereocenters. The smallest absolute Gasteiger partial charge is 0.176 e. The monoisotopic (exact) mass is 280 g/mol. The van der Waals surface area contributed by atoms with Crippen LogP contribution in [0.3, 0.4) is 0 Å². The van der Waals surface area contributed by atoms with E-state index in [0.29, 0.717) is 0 Å². The maximum absolute atomic E-state index is 5.56. The molecule has 3 nitrogen and oxygen atoms in total. The predicted octanol–water partition coefficient (Wildman–Crippen LogP) is 3.49. The average molecular weight is 281 g/mol. The molecule has 1 aliphatic heterocycles. The Morgan fingerprint density at radius 3 is 3.12 bits per heavy atom. The van der Waals surface area contributed by atoms with E-state index in [1.54, 1.807) is 0 Å². The van der Waals surface area contributed by atoms with E-state index in [-0.39, 0.29) is 0 Å². The summed E-state index contributed by atoms with van der Waals surface area (Å²) < 4.78 is 8.59. The largest absolute Gasteiger partial charge is 0.446 e. The minimum atomic E-state index is 0.721. The van der Waals surface area contributed by atoms with Gasteiger partial charge in [-0.1, -0.05) is 6.92 Å². The van der Waals surface area contributed by atoms with Gasteiger partial charge in [0.2, 0.25) is 0 Å². The zero-order chi connectivity index (χ0) is 11.1. The highest BCUT2D eigenvalue weighted by Crippen LogP contribution is 2.29. The van der Waals surface area contributed by atoms with Gasteiger partial charge in [0.05, 0.1) is 0 Å². The Morgan fingerprint density at radius 1 is 1.50 bits per heavy atom. The van der Waals surface area contributed by atoms with Crippen LogP contribution in [0.4, 0.5) is 0 Å². The van der Waals surface area contributed by atoms with Gasteiger partial charge >= 0.3 is 0 Å². The van der Waals surface area contributed by atoms with Crippen LogP contribution in [0, 0.1) is 5.92 Å². The molecule has 2 aromatic rings. The van der Waals surface area contributed by atoms with E-state index < -0.39 is 0 Å². The fraction of sp³-hybridized carbons (Fsp3) is 0.417. The second-order valence-corrected chi connectivity index (χ2v) is 5.21. The summed E-state index contributed by atoms with van der Waals surface area (Å²) in [6.07, 6.45) is 4.35. The first-order valence-corrected chi connectivity index (χ1v) is 6.33. The molecule has 0 aromatic carbocycles. The fourth-order valence-electron chi connectivity index (χ4n) is 2.24. The number of halogens is 1. The zero-order valence-corrected chi connectivity index (χ0v) is 10.7. The average Bonchev–Trinajstić information content (AvgIpc) is 2.83.